The van der Waals surface area contributed by atoms with E-state index in [1.807, 2.05) is 25.1 Å². The van der Waals surface area contributed by atoms with Crippen molar-refractivity contribution in [1.82, 2.24) is 10.2 Å². The lowest BCUT2D eigenvalue weighted by Crippen LogP contribution is -2.49. The quantitative estimate of drug-likeness (QED) is 0.537. The molecule has 1 unspecified atom stereocenters. The minimum Gasteiger partial charge on any atom is -0.355 e. The Hall–Kier alpha value is -1.89. The van der Waals surface area contributed by atoms with Crippen LogP contribution in [-0.4, -0.2) is 55.8 Å². The van der Waals surface area contributed by atoms with Crippen molar-refractivity contribution in [3.8, 4) is 0 Å². The van der Waals surface area contributed by atoms with Gasteiger partial charge in [0.15, 0.2) is 9.84 Å². The van der Waals surface area contributed by atoms with Crippen LogP contribution in [0.2, 0.25) is 0 Å². The average molecular weight is 393 g/mol. The Balaban J connectivity index is 1.53. The number of amides is 2. The van der Waals surface area contributed by atoms with Crippen molar-refractivity contribution < 1.29 is 18.0 Å². The van der Waals surface area contributed by atoms with Crippen LogP contribution < -0.4 is 5.32 Å². The van der Waals surface area contributed by atoms with Gasteiger partial charge in [0.05, 0.1) is 11.5 Å². The maximum atomic E-state index is 13.0. The highest BCUT2D eigenvalue weighted by molar-refractivity contribution is 7.91. The third-order valence-corrected chi connectivity index (χ3v) is 7.37. The number of carbonyl (C=O) groups is 2. The summed E-state index contributed by atoms with van der Waals surface area (Å²) in [5, 5.41) is 2.92. The van der Waals surface area contributed by atoms with E-state index in [-0.39, 0.29) is 29.4 Å². The molecule has 3 rings (SSSR count). The number of rotatable bonds is 8. The molecule has 2 aliphatic rings. The lowest BCUT2D eigenvalue weighted by molar-refractivity contribution is -0.145. The molecule has 7 heteroatoms. The standard InChI is InChI=1S/C20H28N2O4S/c1-2-22(17-10-14-27(25,26)15-17)19(24)20(11-12-20)18(23)21-13-6-9-16-7-4-3-5-8-16/h3-5,7-8,17H,2,6,9-15H2,1H3,(H,21,23). The van der Waals surface area contributed by atoms with Gasteiger partial charge in [0.1, 0.15) is 5.41 Å². The molecule has 1 aliphatic heterocycles. The Morgan fingerprint density at radius 1 is 1.22 bits per heavy atom. The van der Waals surface area contributed by atoms with E-state index in [2.05, 4.69) is 17.4 Å². The molecule has 148 valence electrons. The van der Waals surface area contributed by atoms with Gasteiger partial charge in [0.2, 0.25) is 11.8 Å². The van der Waals surface area contributed by atoms with E-state index in [1.165, 1.54) is 5.56 Å². The number of aryl methyl sites for hydroxylation is 1. The van der Waals surface area contributed by atoms with Gasteiger partial charge >= 0.3 is 0 Å². The van der Waals surface area contributed by atoms with Crippen LogP contribution in [-0.2, 0) is 25.8 Å². The monoisotopic (exact) mass is 392 g/mol. The molecule has 27 heavy (non-hydrogen) atoms. The van der Waals surface area contributed by atoms with Crippen molar-refractivity contribution in [3.05, 3.63) is 35.9 Å². The molecule has 1 N–H and O–H groups in total. The fourth-order valence-electron chi connectivity index (χ4n) is 3.84. The number of hydrogen-bond acceptors (Lipinski definition) is 4. The third-order valence-electron chi connectivity index (χ3n) is 5.62. The van der Waals surface area contributed by atoms with Gasteiger partial charge in [-0.15, -0.1) is 0 Å². The number of benzene rings is 1. The predicted octanol–water partition coefficient (Wildman–Crippen LogP) is 1.55. The van der Waals surface area contributed by atoms with Gasteiger partial charge in [-0.1, -0.05) is 30.3 Å². The van der Waals surface area contributed by atoms with E-state index in [1.54, 1.807) is 4.90 Å². The van der Waals surface area contributed by atoms with Crippen molar-refractivity contribution in [2.24, 2.45) is 5.41 Å². The minimum absolute atomic E-state index is 0.0152. The van der Waals surface area contributed by atoms with Crippen molar-refractivity contribution in [1.29, 1.82) is 0 Å². The van der Waals surface area contributed by atoms with E-state index in [0.717, 1.165) is 12.8 Å². The summed E-state index contributed by atoms with van der Waals surface area (Å²) in [5.74, 6) is -0.269. The van der Waals surface area contributed by atoms with Crippen LogP contribution in [0, 0.1) is 5.41 Å². The Morgan fingerprint density at radius 3 is 2.48 bits per heavy atom. The highest BCUT2D eigenvalue weighted by atomic mass is 32.2. The second-order valence-corrected chi connectivity index (χ2v) is 9.80. The summed E-state index contributed by atoms with van der Waals surface area (Å²) in [4.78, 5) is 27.3. The molecule has 0 spiro atoms. The zero-order chi connectivity index (χ0) is 19.5. The summed E-state index contributed by atoms with van der Waals surface area (Å²) < 4.78 is 23.5. The first-order valence-electron chi connectivity index (χ1n) is 9.72. The molecule has 1 aromatic rings. The second-order valence-electron chi connectivity index (χ2n) is 7.58. The molecule has 1 atom stereocenters. The first-order valence-corrected chi connectivity index (χ1v) is 11.5. The zero-order valence-corrected chi connectivity index (χ0v) is 16.6. The van der Waals surface area contributed by atoms with E-state index in [0.29, 0.717) is 32.4 Å². The first-order chi connectivity index (χ1) is 12.9. The molecule has 6 nitrogen and oxygen atoms in total. The van der Waals surface area contributed by atoms with Gasteiger partial charge in [0.25, 0.3) is 0 Å². The van der Waals surface area contributed by atoms with E-state index < -0.39 is 15.3 Å². The number of nitrogens with zero attached hydrogens (tertiary/aromatic N) is 1. The van der Waals surface area contributed by atoms with Gasteiger partial charge in [-0.25, -0.2) is 8.42 Å². The van der Waals surface area contributed by atoms with E-state index >= 15 is 0 Å². The Labute approximate surface area is 161 Å². The Morgan fingerprint density at radius 2 is 1.93 bits per heavy atom. The second kappa shape index (κ2) is 8.00. The highest BCUT2D eigenvalue weighted by Gasteiger charge is 2.58. The molecule has 1 aliphatic carbocycles. The maximum absolute atomic E-state index is 13.0. The SMILES string of the molecule is CCN(C(=O)C1(C(=O)NCCCc2ccccc2)CC1)C1CCS(=O)(=O)C1. The van der Waals surface area contributed by atoms with E-state index in [4.69, 9.17) is 0 Å². The lowest BCUT2D eigenvalue weighted by Gasteiger charge is -2.30. The molecular formula is C20H28N2O4S. The molecular weight excluding hydrogens is 364 g/mol. The molecule has 1 saturated carbocycles. The summed E-state index contributed by atoms with van der Waals surface area (Å²) in [7, 11) is -3.07. The largest absolute Gasteiger partial charge is 0.355 e. The lowest BCUT2D eigenvalue weighted by atomic mass is 10.0. The average Bonchev–Trinajstić information content (AvgIpc) is 3.39. The molecule has 1 aromatic carbocycles. The van der Waals surface area contributed by atoms with Crippen LogP contribution >= 0.6 is 0 Å². The smallest absolute Gasteiger partial charge is 0.238 e. The molecule has 1 saturated heterocycles. The van der Waals surface area contributed by atoms with Crippen LogP contribution in [0.4, 0.5) is 0 Å². The normalized spacial score (nSPS) is 22.2. The summed E-state index contributed by atoms with van der Waals surface area (Å²) in [6.45, 7) is 2.81. The molecule has 2 fully saturated rings. The topological polar surface area (TPSA) is 83.6 Å². The number of sulfone groups is 1. The molecule has 0 aromatic heterocycles. The van der Waals surface area contributed by atoms with Gasteiger partial charge in [-0.2, -0.15) is 0 Å². The van der Waals surface area contributed by atoms with Crippen LogP contribution in [0.25, 0.3) is 0 Å². The van der Waals surface area contributed by atoms with Crippen molar-refractivity contribution in [3.63, 3.8) is 0 Å². The minimum atomic E-state index is -3.07. The van der Waals surface area contributed by atoms with E-state index in [9.17, 15) is 18.0 Å². The van der Waals surface area contributed by atoms with Crippen LogP contribution in [0.5, 0.6) is 0 Å². The molecule has 0 bridgehead atoms. The summed E-state index contributed by atoms with van der Waals surface area (Å²) in [6.07, 6.45) is 3.26. The van der Waals surface area contributed by atoms with Gasteiger partial charge in [-0.3, -0.25) is 9.59 Å². The fourth-order valence-corrected chi connectivity index (χ4v) is 5.57. The Bertz CT molecular complexity index is 787. The third kappa shape index (κ3) is 4.51. The van der Waals surface area contributed by atoms with Crippen LogP contribution in [0.15, 0.2) is 30.3 Å². The number of hydrogen-bond donors (Lipinski definition) is 1. The summed E-state index contributed by atoms with van der Waals surface area (Å²) in [5.41, 5.74) is 0.248. The van der Waals surface area contributed by atoms with Crippen molar-refractivity contribution in [2.45, 2.75) is 45.1 Å². The molecule has 0 radical (unpaired) electrons. The zero-order valence-electron chi connectivity index (χ0n) is 15.8. The Kier molecular flexibility index (Phi) is 5.89. The van der Waals surface area contributed by atoms with Crippen molar-refractivity contribution in [2.75, 3.05) is 24.6 Å². The van der Waals surface area contributed by atoms with Gasteiger partial charge < -0.3 is 10.2 Å². The highest BCUT2D eigenvalue weighted by Crippen LogP contribution is 2.48. The van der Waals surface area contributed by atoms with Gasteiger partial charge in [-0.05, 0) is 44.6 Å². The first kappa shape index (κ1) is 19.9. The number of nitrogens with one attached hydrogen (secondary N) is 1. The van der Waals surface area contributed by atoms with Gasteiger partial charge in [0, 0.05) is 19.1 Å². The number of carbonyl (C=O) groups excluding carboxylic acids is 2. The van der Waals surface area contributed by atoms with Crippen LogP contribution in [0.1, 0.15) is 38.2 Å². The maximum Gasteiger partial charge on any atom is 0.238 e. The predicted molar refractivity (Wildman–Crippen MR) is 104 cm³/mol. The van der Waals surface area contributed by atoms with Crippen molar-refractivity contribution >= 4 is 21.7 Å². The summed E-state index contributed by atoms with van der Waals surface area (Å²) >= 11 is 0. The molecule has 1 heterocycles. The molecule has 2 amide bonds. The fraction of sp³-hybridized carbons (Fsp3) is 0.600. The van der Waals surface area contributed by atoms with Crippen LogP contribution in [0.3, 0.4) is 0 Å². The summed E-state index contributed by atoms with van der Waals surface area (Å²) in [6, 6.07) is 9.78.